The lowest BCUT2D eigenvalue weighted by Gasteiger charge is -2.39. The number of carbonyl (C=O) groups excluding carboxylic acids is 2. The van der Waals surface area contributed by atoms with Gasteiger partial charge in [-0.2, -0.15) is 0 Å². The molecule has 1 aliphatic carbocycles. The zero-order valence-corrected chi connectivity index (χ0v) is 15.2. The number of nitrogens with one attached hydrogen (secondary N) is 1. The van der Waals surface area contributed by atoms with Crippen molar-refractivity contribution in [2.24, 2.45) is 17.8 Å². The zero-order valence-electron chi connectivity index (χ0n) is 15.2. The first-order chi connectivity index (χ1) is 12.0. The molecule has 1 saturated carbocycles. The number of methoxy groups -OCH3 is 1. The van der Waals surface area contributed by atoms with Crippen molar-refractivity contribution in [1.82, 2.24) is 10.2 Å². The summed E-state index contributed by atoms with van der Waals surface area (Å²) in [4.78, 5) is 27.5. The molecule has 5 nitrogen and oxygen atoms in total. The highest BCUT2D eigenvalue weighted by atomic mass is 16.5. The Labute approximate surface area is 148 Å². The Hall–Kier alpha value is -2.04. The van der Waals surface area contributed by atoms with E-state index in [1.807, 2.05) is 6.07 Å². The fourth-order valence-electron chi connectivity index (χ4n) is 5.73. The van der Waals surface area contributed by atoms with Crippen LogP contribution in [-0.2, 0) is 21.5 Å². The van der Waals surface area contributed by atoms with Gasteiger partial charge in [-0.3, -0.25) is 9.59 Å². The minimum atomic E-state index is -0.328. The zero-order chi connectivity index (χ0) is 17.8. The molecular formula is C20H26N2O3. The molecular weight excluding hydrogens is 316 g/mol. The van der Waals surface area contributed by atoms with Crippen LogP contribution in [0.25, 0.3) is 0 Å². The standard InChI is InChI=1S/C20H26N2O3/c1-12-11-20-15-7-6-14(25-3)9-13(15)5-4-8-22(20)17(23)10-16(20)18(12)19(24)21-2/h6-7,9,12,16,18H,4-5,8,10-11H2,1-3H3,(H,21,24)/t12-,16?,18+,20?/m0/s1. The maximum atomic E-state index is 12.8. The second-order valence-corrected chi connectivity index (χ2v) is 7.73. The van der Waals surface area contributed by atoms with Crippen molar-refractivity contribution in [2.45, 2.75) is 38.1 Å². The van der Waals surface area contributed by atoms with Crippen LogP contribution in [0, 0.1) is 17.8 Å². The Balaban J connectivity index is 1.89. The van der Waals surface area contributed by atoms with Crippen molar-refractivity contribution in [2.75, 3.05) is 20.7 Å². The molecule has 4 atom stereocenters. The van der Waals surface area contributed by atoms with Crippen LogP contribution in [0.3, 0.4) is 0 Å². The number of ether oxygens (including phenoxy) is 1. The Morgan fingerprint density at radius 1 is 1.40 bits per heavy atom. The largest absolute Gasteiger partial charge is 0.497 e. The molecule has 1 aromatic carbocycles. The number of aryl methyl sites for hydroxylation is 1. The number of rotatable bonds is 2. The molecule has 1 aromatic rings. The van der Waals surface area contributed by atoms with E-state index in [0.29, 0.717) is 6.42 Å². The van der Waals surface area contributed by atoms with E-state index in [-0.39, 0.29) is 35.1 Å². The molecule has 1 spiro atoms. The van der Waals surface area contributed by atoms with Crippen molar-refractivity contribution in [1.29, 1.82) is 0 Å². The predicted molar refractivity (Wildman–Crippen MR) is 94.2 cm³/mol. The SMILES string of the molecule is CNC(=O)[C@H]1C2CC(=O)N3CCCc4cc(OC)ccc4C23C[C@@H]1C. The second kappa shape index (κ2) is 5.75. The summed E-state index contributed by atoms with van der Waals surface area (Å²) >= 11 is 0. The molecule has 3 aliphatic rings. The Kier molecular flexibility index (Phi) is 3.78. The molecule has 5 heteroatoms. The van der Waals surface area contributed by atoms with Crippen LogP contribution in [0.5, 0.6) is 5.75 Å². The third kappa shape index (κ3) is 2.14. The minimum Gasteiger partial charge on any atom is -0.497 e. The van der Waals surface area contributed by atoms with Crippen molar-refractivity contribution < 1.29 is 14.3 Å². The summed E-state index contributed by atoms with van der Waals surface area (Å²) in [7, 11) is 3.38. The average Bonchev–Trinajstić information content (AvgIpc) is 2.96. The van der Waals surface area contributed by atoms with E-state index in [1.165, 1.54) is 11.1 Å². The quantitative estimate of drug-likeness (QED) is 0.895. The smallest absolute Gasteiger partial charge is 0.223 e. The second-order valence-electron chi connectivity index (χ2n) is 7.73. The minimum absolute atomic E-state index is 0.0557. The predicted octanol–water partition coefficient (Wildman–Crippen LogP) is 2.09. The summed E-state index contributed by atoms with van der Waals surface area (Å²) in [6.07, 6.45) is 3.25. The molecule has 0 aromatic heterocycles. The Bertz CT molecular complexity index is 732. The van der Waals surface area contributed by atoms with Crippen molar-refractivity contribution in [3.05, 3.63) is 29.3 Å². The number of benzene rings is 1. The van der Waals surface area contributed by atoms with Crippen molar-refractivity contribution in [3.8, 4) is 5.75 Å². The maximum absolute atomic E-state index is 12.8. The van der Waals surface area contributed by atoms with E-state index in [0.717, 1.165) is 31.6 Å². The summed E-state index contributed by atoms with van der Waals surface area (Å²) in [5, 5.41) is 2.83. The van der Waals surface area contributed by atoms with E-state index >= 15 is 0 Å². The topological polar surface area (TPSA) is 58.6 Å². The fraction of sp³-hybridized carbons (Fsp3) is 0.600. The third-order valence-corrected chi connectivity index (χ3v) is 6.63. The van der Waals surface area contributed by atoms with Gasteiger partial charge in [-0.05, 0) is 48.4 Å². The maximum Gasteiger partial charge on any atom is 0.223 e. The van der Waals surface area contributed by atoms with Gasteiger partial charge in [0.15, 0.2) is 0 Å². The number of hydrogen-bond donors (Lipinski definition) is 1. The Morgan fingerprint density at radius 3 is 2.92 bits per heavy atom. The van der Waals surface area contributed by atoms with Crippen LogP contribution in [0.1, 0.15) is 37.3 Å². The molecule has 1 saturated heterocycles. The van der Waals surface area contributed by atoms with Gasteiger partial charge in [-0.25, -0.2) is 0 Å². The van der Waals surface area contributed by atoms with Gasteiger partial charge in [0.2, 0.25) is 11.8 Å². The lowest BCUT2D eigenvalue weighted by Crippen LogP contribution is -2.45. The highest BCUT2D eigenvalue weighted by Crippen LogP contribution is 2.60. The van der Waals surface area contributed by atoms with Crippen LogP contribution < -0.4 is 10.1 Å². The normalized spacial score (nSPS) is 33.3. The summed E-state index contributed by atoms with van der Waals surface area (Å²) in [5.74, 6) is 1.34. The molecule has 4 rings (SSSR count). The highest BCUT2D eigenvalue weighted by molar-refractivity contribution is 5.86. The summed E-state index contributed by atoms with van der Waals surface area (Å²) in [6.45, 7) is 2.93. The summed E-state index contributed by atoms with van der Waals surface area (Å²) < 4.78 is 5.42. The molecule has 2 unspecified atom stereocenters. The number of fused-ring (bicyclic) bond motifs is 1. The first kappa shape index (κ1) is 16.4. The van der Waals surface area contributed by atoms with Crippen LogP contribution >= 0.6 is 0 Å². The summed E-state index contributed by atoms with van der Waals surface area (Å²) in [6, 6.07) is 6.25. The molecule has 134 valence electrons. The molecule has 25 heavy (non-hydrogen) atoms. The van der Waals surface area contributed by atoms with Gasteiger partial charge in [0.1, 0.15) is 5.75 Å². The molecule has 0 radical (unpaired) electrons. The van der Waals surface area contributed by atoms with Crippen molar-refractivity contribution in [3.63, 3.8) is 0 Å². The molecule has 2 fully saturated rings. The molecule has 2 aliphatic heterocycles. The van der Waals surface area contributed by atoms with Crippen LogP contribution in [0.2, 0.25) is 0 Å². The van der Waals surface area contributed by atoms with Gasteiger partial charge >= 0.3 is 0 Å². The van der Waals surface area contributed by atoms with Gasteiger partial charge < -0.3 is 15.0 Å². The van der Waals surface area contributed by atoms with Gasteiger partial charge in [0, 0.05) is 31.8 Å². The highest BCUT2D eigenvalue weighted by Gasteiger charge is 2.64. The first-order valence-electron chi connectivity index (χ1n) is 9.22. The van der Waals surface area contributed by atoms with Gasteiger partial charge in [0.05, 0.1) is 12.6 Å². The molecule has 2 heterocycles. The van der Waals surface area contributed by atoms with E-state index in [2.05, 4.69) is 29.3 Å². The van der Waals surface area contributed by atoms with Gasteiger partial charge in [-0.1, -0.05) is 13.0 Å². The number of carbonyl (C=O) groups is 2. The van der Waals surface area contributed by atoms with E-state index < -0.39 is 0 Å². The number of amides is 2. The van der Waals surface area contributed by atoms with Gasteiger partial charge in [-0.15, -0.1) is 0 Å². The lowest BCUT2D eigenvalue weighted by atomic mass is 9.76. The molecule has 2 amide bonds. The van der Waals surface area contributed by atoms with Crippen molar-refractivity contribution >= 4 is 11.8 Å². The summed E-state index contributed by atoms with van der Waals surface area (Å²) in [5.41, 5.74) is 2.18. The number of nitrogens with zero attached hydrogens (tertiary/aromatic N) is 1. The third-order valence-electron chi connectivity index (χ3n) is 6.63. The average molecular weight is 342 g/mol. The van der Waals surface area contributed by atoms with E-state index in [4.69, 9.17) is 4.74 Å². The Morgan fingerprint density at radius 2 is 2.20 bits per heavy atom. The fourth-order valence-corrected chi connectivity index (χ4v) is 5.73. The molecule has 0 bridgehead atoms. The van der Waals surface area contributed by atoms with Crippen LogP contribution in [0.15, 0.2) is 18.2 Å². The van der Waals surface area contributed by atoms with Crippen LogP contribution in [-0.4, -0.2) is 37.4 Å². The monoisotopic (exact) mass is 342 g/mol. The lowest BCUT2D eigenvalue weighted by molar-refractivity contribution is -0.131. The molecule has 1 N–H and O–H groups in total. The van der Waals surface area contributed by atoms with E-state index in [1.54, 1.807) is 14.2 Å². The first-order valence-corrected chi connectivity index (χ1v) is 9.22. The van der Waals surface area contributed by atoms with Crippen LogP contribution in [0.4, 0.5) is 0 Å². The van der Waals surface area contributed by atoms with Gasteiger partial charge in [0.25, 0.3) is 0 Å². The number of hydrogen-bond acceptors (Lipinski definition) is 3. The van der Waals surface area contributed by atoms with E-state index in [9.17, 15) is 9.59 Å².